The minimum Gasteiger partial charge on any atom is -0.495 e. The Morgan fingerprint density at radius 1 is 1.30 bits per heavy atom. The zero-order valence-corrected chi connectivity index (χ0v) is 13.0. The average molecular weight is 318 g/mol. The summed E-state index contributed by atoms with van der Waals surface area (Å²) in [5, 5.41) is 4.28. The fraction of sp³-hybridized carbons (Fsp3) is 0.400. The molecule has 0 radical (unpaired) electrons. The lowest BCUT2D eigenvalue weighted by molar-refractivity contribution is -0.144. The van der Waals surface area contributed by atoms with Gasteiger partial charge < -0.3 is 14.4 Å². The minimum absolute atomic E-state index is 0.0444. The van der Waals surface area contributed by atoms with Crippen molar-refractivity contribution in [3.63, 3.8) is 0 Å². The Kier molecular flexibility index (Phi) is 4.05. The molecule has 1 saturated heterocycles. The van der Waals surface area contributed by atoms with Gasteiger partial charge in [0.15, 0.2) is 0 Å². The first-order valence-corrected chi connectivity index (χ1v) is 7.27. The predicted octanol–water partition coefficient (Wildman–Crippen LogP) is 0.150. The van der Waals surface area contributed by atoms with Crippen LogP contribution >= 0.6 is 0 Å². The largest absolute Gasteiger partial charge is 0.495 e. The SMILES string of the molecule is COC(=O)CC1NN=C2N(CCN2c2ccccc2OC)C1=O. The highest BCUT2D eigenvalue weighted by molar-refractivity contribution is 6.10. The van der Waals surface area contributed by atoms with Gasteiger partial charge in [0.1, 0.15) is 11.8 Å². The number of hydrogen-bond donors (Lipinski definition) is 1. The van der Waals surface area contributed by atoms with Crippen LogP contribution in [0.25, 0.3) is 0 Å². The van der Waals surface area contributed by atoms with E-state index < -0.39 is 12.0 Å². The van der Waals surface area contributed by atoms with E-state index in [9.17, 15) is 9.59 Å². The Balaban J connectivity index is 1.84. The second-order valence-electron chi connectivity index (χ2n) is 5.19. The predicted molar refractivity (Wildman–Crippen MR) is 83.0 cm³/mol. The number of para-hydroxylation sites is 2. The van der Waals surface area contributed by atoms with Crippen molar-refractivity contribution in [2.24, 2.45) is 5.10 Å². The molecule has 0 spiro atoms. The number of fused-ring (bicyclic) bond motifs is 1. The number of methoxy groups -OCH3 is 2. The maximum atomic E-state index is 12.5. The van der Waals surface area contributed by atoms with E-state index in [1.807, 2.05) is 29.2 Å². The van der Waals surface area contributed by atoms with Crippen molar-refractivity contribution in [3.05, 3.63) is 24.3 Å². The van der Waals surface area contributed by atoms with Crippen LogP contribution in [0.2, 0.25) is 0 Å². The van der Waals surface area contributed by atoms with E-state index in [0.717, 1.165) is 5.69 Å². The number of nitrogens with one attached hydrogen (secondary N) is 1. The maximum absolute atomic E-state index is 12.5. The van der Waals surface area contributed by atoms with E-state index in [1.54, 1.807) is 12.0 Å². The highest BCUT2D eigenvalue weighted by Crippen LogP contribution is 2.31. The number of ether oxygens (including phenoxy) is 2. The Morgan fingerprint density at radius 2 is 2.04 bits per heavy atom. The van der Waals surface area contributed by atoms with Crippen molar-refractivity contribution in [3.8, 4) is 5.75 Å². The van der Waals surface area contributed by atoms with Gasteiger partial charge in [0.2, 0.25) is 5.96 Å². The topological polar surface area (TPSA) is 83.5 Å². The Morgan fingerprint density at radius 3 is 2.78 bits per heavy atom. The van der Waals surface area contributed by atoms with Crippen LogP contribution in [-0.2, 0) is 14.3 Å². The molecule has 1 aromatic carbocycles. The van der Waals surface area contributed by atoms with Crippen LogP contribution in [0, 0.1) is 0 Å². The lowest BCUT2D eigenvalue weighted by atomic mass is 10.2. The monoisotopic (exact) mass is 318 g/mol. The third-order valence-electron chi connectivity index (χ3n) is 3.89. The van der Waals surface area contributed by atoms with Gasteiger partial charge in [0.25, 0.3) is 5.91 Å². The van der Waals surface area contributed by atoms with E-state index >= 15 is 0 Å². The summed E-state index contributed by atoms with van der Waals surface area (Å²) in [5.74, 6) is 0.592. The van der Waals surface area contributed by atoms with Crippen LogP contribution in [0.3, 0.4) is 0 Å². The van der Waals surface area contributed by atoms with Crippen LogP contribution in [0.15, 0.2) is 29.4 Å². The fourth-order valence-corrected chi connectivity index (χ4v) is 2.72. The third-order valence-corrected chi connectivity index (χ3v) is 3.89. The highest BCUT2D eigenvalue weighted by Gasteiger charge is 2.40. The van der Waals surface area contributed by atoms with E-state index in [4.69, 9.17) is 4.74 Å². The second kappa shape index (κ2) is 6.15. The molecule has 0 bridgehead atoms. The van der Waals surface area contributed by atoms with E-state index in [0.29, 0.717) is 24.8 Å². The molecular formula is C15H18N4O4. The number of hydrazone groups is 1. The van der Waals surface area contributed by atoms with Crippen molar-refractivity contribution < 1.29 is 19.1 Å². The number of nitrogens with zero attached hydrogens (tertiary/aromatic N) is 3. The summed E-state index contributed by atoms with van der Waals surface area (Å²) in [5.41, 5.74) is 3.60. The lowest BCUT2D eigenvalue weighted by Crippen LogP contribution is -2.53. The Labute approximate surface area is 133 Å². The van der Waals surface area contributed by atoms with Crippen molar-refractivity contribution >= 4 is 23.5 Å². The van der Waals surface area contributed by atoms with Gasteiger partial charge in [-0.25, -0.2) is 0 Å². The van der Waals surface area contributed by atoms with Gasteiger partial charge >= 0.3 is 5.97 Å². The smallest absolute Gasteiger partial charge is 0.308 e. The summed E-state index contributed by atoms with van der Waals surface area (Å²) in [6.45, 7) is 1.12. The molecule has 8 nitrogen and oxygen atoms in total. The number of carbonyl (C=O) groups is 2. The van der Waals surface area contributed by atoms with Gasteiger partial charge in [0, 0.05) is 13.1 Å². The molecule has 1 aromatic rings. The number of benzene rings is 1. The highest BCUT2D eigenvalue weighted by atomic mass is 16.5. The number of esters is 1. The van der Waals surface area contributed by atoms with Crippen molar-refractivity contribution in [1.82, 2.24) is 10.3 Å². The van der Waals surface area contributed by atoms with Crippen LogP contribution in [0.5, 0.6) is 5.75 Å². The summed E-state index contributed by atoms with van der Waals surface area (Å²) in [6, 6.07) is 6.87. The molecule has 2 aliphatic heterocycles. The zero-order valence-electron chi connectivity index (χ0n) is 13.0. The van der Waals surface area contributed by atoms with Crippen LogP contribution < -0.4 is 15.1 Å². The Bertz CT molecular complexity index is 661. The van der Waals surface area contributed by atoms with Crippen LogP contribution in [-0.4, -0.2) is 56.1 Å². The maximum Gasteiger partial charge on any atom is 0.308 e. The molecule has 1 unspecified atom stereocenters. The number of amides is 1. The molecule has 3 rings (SSSR count). The molecule has 0 aliphatic carbocycles. The second-order valence-corrected chi connectivity index (χ2v) is 5.19. The van der Waals surface area contributed by atoms with Gasteiger partial charge in [-0.1, -0.05) is 12.1 Å². The molecule has 1 N–H and O–H groups in total. The summed E-state index contributed by atoms with van der Waals surface area (Å²) >= 11 is 0. The summed E-state index contributed by atoms with van der Waals surface area (Å²) < 4.78 is 9.98. The fourth-order valence-electron chi connectivity index (χ4n) is 2.72. The molecule has 8 heteroatoms. The number of rotatable bonds is 4. The molecule has 1 atom stereocenters. The molecule has 0 aromatic heterocycles. The van der Waals surface area contributed by atoms with Crippen molar-refractivity contribution in [2.45, 2.75) is 12.5 Å². The van der Waals surface area contributed by atoms with Crippen LogP contribution in [0.1, 0.15) is 6.42 Å². The molecule has 122 valence electrons. The number of hydrogen-bond acceptors (Lipinski definition) is 7. The molecule has 2 aliphatic rings. The standard InChI is InChI=1S/C15H18N4O4/c1-22-12-6-4-3-5-11(12)18-7-8-19-14(21)10(9-13(20)23-2)16-17-15(18)19/h3-6,10,16H,7-9H2,1-2H3. The van der Waals surface area contributed by atoms with Crippen LogP contribution in [0.4, 0.5) is 5.69 Å². The Hall–Kier alpha value is -2.77. The van der Waals surface area contributed by atoms with E-state index in [1.165, 1.54) is 7.11 Å². The molecular weight excluding hydrogens is 300 g/mol. The number of guanidine groups is 1. The van der Waals surface area contributed by atoms with Gasteiger partial charge in [-0.2, -0.15) is 0 Å². The summed E-state index contributed by atoms with van der Waals surface area (Å²) in [4.78, 5) is 27.4. The minimum atomic E-state index is -0.691. The summed E-state index contributed by atoms with van der Waals surface area (Å²) in [7, 11) is 2.90. The third kappa shape index (κ3) is 2.67. The van der Waals surface area contributed by atoms with E-state index in [2.05, 4.69) is 15.3 Å². The molecule has 0 saturated carbocycles. The first-order chi connectivity index (χ1) is 11.2. The van der Waals surface area contributed by atoms with Crippen molar-refractivity contribution in [1.29, 1.82) is 0 Å². The molecule has 1 amide bonds. The van der Waals surface area contributed by atoms with Gasteiger partial charge in [-0.15, -0.1) is 5.10 Å². The quantitative estimate of drug-likeness (QED) is 0.796. The molecule has 1 fully saturated rings. The van der Waals surface area contributed by atoms with Gasteiger partial charge in [0.05, 0.1) is 26.3 Å². The van der Waals surface area contributed by atoms with Gasteiger partial charge in [-0.05, 0) is 12.1 Å². The normalized spacial score (nSPS) is 19.8. The first kappa shape index (κ1) is 15.1. The van der Waals surface area contributed by atoms with Gasteiger partial charge in [-0.3, -0.25) is 19.9 Å². The van der Waals surface area contributed by atoms with E-state index in [-0.39, 0.29) is 12.3 Å². The zero-order chi connectivity index (χ0) is 16.4. The average Bonchev–Trinajstić information content (AvgIpc) is 3.01. The number of anilines is 1. The summed E-state index contributed by atoms with van der Waals surface area (Å²) in [6.07, 6.45) is -0.0444. The van der Waals surface area contributed by atoms with Crippen molar-refractivity contribution in [2.75, 3.05) is 32.2 Å². The lowest BCUT2D eigenvalue weighted by Gasteiger charge is -2.30. The number of carbonyl (C=O) groups excluding carboxylic acids is 2. The first-order valence-electron chi connectivity index (χ1n) is 7.27. The molecule has 23 heavy (non-hydrogen) atoms. The molecule has 2 heterocycles.